The van der Waals surface area contributed by atoms with E-state index in [0.717, 1.165) is 5.56 Å². The van der Waals surface area contributed by atoms with Gasteiger partial charge in [-0.05, 0) is 19.2 Å². The minimum atomic E-state index is -0.367. The van der Waals surface area contributed by atoms with E-state index in [1.54, 1.807) is 0 Å². The molecule has 0 saturated carbocycles. The van der Waals surface area contributed by atoms with Crippen LogP contribution in [0.5, 0.6) is 5.75 Å². The van der Waals surface area contributed by atoms with Crippen molar-refractivity contribution in [3.05, 3.63) is 45.7 Å². The van der Waals surface area contributed by atoms with Crippen LogP contribution in [0.1, 0.15) is 30.4 Å². The normalized spacial score (nSPS) is 16.6. The molecule has 7 heteroatoms. The van der Waals surface area contributed by atoms with Gasteiger partial charge < -0.3 is 15.0 Å². The summed E-state index contributed by atoms with van der Waals surface area (Å²) in [5.41, 5.74) is 1.08. The van der Waals surface area contributed by atoms with E-state index in [1.165, 1.54) is 11.8 Å². The number of carbonyl (C=O) groups excluding carboxylic acids is 1. The summed E-state index contributed by atoms with van der Waals surface area (Å²) in [6.07, 6.45) is 2.01. The maximum absolute atomic E-state index is 12.5. The van der Waals surface area contributed by atoms with Crippen molar-refractivity contribution in [1.82, 2.24) is 9.97 Å². The average molecular weight is 331 g/mol. The van der Waals surface area contributed by atoms with Crippen LogP contribution < -0.4 is 15.6 Å². The highest BCUT2D eigenvalue weighted by Gasteiger charge is 2.32. The van der Waals surface area contributed by atoms with E-state index in [4.69, 9.17) is 4.74 Å². The Morgan fingerprint density at radius 3 is 2.87 bits per heavy atom. The maximum atomic E-state index is 12.5. The van der Waals surface area contributed by atoms with Gasteiger partial charge in [-0.25, -0.2) is 4.98 Å². The summed E-state index contributed by atoms with van der Waals surface area (Å²) in [6.45, 7) is 2.42. The number of rotatable bonds is 4. The van der Waals surface area contributed by atoms with Crippen molar-refractivity contribution in [1.29, 1.82) is 0 Å². The number of anilines is 1. The standard InChI is InChI=1S/C16H17N3O3S/c1-3-22-11-7-5-4-6-9(11)10-8-12(20)17-14-13(10)15(21)19-16(18-14)23-2/h4-7,10H,3,8H2,1-2H3,(H2,17,18,19,20,21)/t10-/m0/s1. The van der Waals surface area contributed by atoms with Crippen LogP contribution in [0.15, 0.2) is 34.2 Å². The van der Waals surface area contributed by atoms with Gasteiger partial charge in [0.1, 0.15) is 11.6 Å². The fourth-order valence-corrected chi connectivity index (χ4v) is 3.15. The Kier molecular flexibility index (Phi) is 4.38. The van der Waals surface area contributed by atoms with E-state index in [2.05, 4.69) is 15.3 Å². The van der Waals surface area contributed by atoms with Crippen LogP contribution in [0.4, 0.5) is 5.82 Å². The van der Waals surface area contributed by atoms with E-state index in [0.29, 0.717) is 28.9 Å². The lowest BCUT2D eigenvalue weighted by atomic mass is 9.86. The fourth-order valence-electron chi connectivity index (χ4n) is 2.77. The van der Waals surface area contributed by atoms with Gasteiger partial charge in [-0.15, -0.1) is 0 Å². The highest BCUT2D eigenvalue weighted by Crippen LogP contribution is 2.38. The molecule has 120 valence electrons. The van der Waals surface area contributed by atoms with Crippen molar-refractivity contribution in [2.75, 3.05) is 18.2 Å². The van der Waals surface area contributed by atoms with Gasteiger partial charge in [0.2, 0.25) is 5.91 Å². The number of hydrogen-bond donors (Lipinski definition) is 2. The predicted molar refractivity (Wildman–Crippen MR) is 89.3 cm³/mol. The first-order valence-corrected chi connectivity index (χ1v) is 8.56. The van der Waals surface area contributed by atoms with Crippen LogP contribution in [0, 0.1) is 0 Å². The lowest BCUT2D eigenvalue weighted by molar-refractivity contribution is -0.116. The average Bonchev–Trinajstić information content (AvgIpc) is 2.54. The summed E-state index contributed by atoms with van der Waals surface area (Å²) in [7, 11) is 0. The molecule has 0 spiro atoms. The van der Waals surface area contributed by atoms with Crippen molar-refractivity contribution < 1.29 is 9.53 Å². The summed E-state index contributed by atoms with van der Waals surface area (Å²) in [5, 5.41) is 3.18. The third-order valence-electron chi connectivity index (χ3n) is 3.72. The summed E-state index contributed by atoms with van der Waals surface area (Å²) in [5.74, 6) is 0.507. The Balaban J connectivity index is 2.16. The molecule has 0 radical (unpaired) electrons. The zero-order valence-electron chi connectivity index (χ0n) is 12.9. The van der Waals surface area contributed by atoms with E-state index in [9.17, 15) is 9.59 Å². The molecule has 3 rings (SSSR count). The third kappa shape index (κ3) is 2.96. The van der Waals surface area contributed by atoms with E-state index in [-0.39, 0.29) is 23.8 Å². The van der Waals surface area contributed by atoms with Gasteiger partial charge in [0, 0.05) is 17.9 Å². The quantitative estimate of drug-likeness (QED) is 0.664. The van der Waals surface area contributed by atoms with Crippen LogP contribution in [0.2, 0.25) is 0 Å². The number of nitrogens with one attached hydrogen (secondary N) is 2. The Bertz CT molecular complexity index is 803. The van der Waals surface area contributed by atoms with Crippen molar-refractivity contribution in [3.8, 4) is 5.75 Å². The Morgan fingerprint density at radius 1 is 1.35 bits per heavy atom. The van der Waals surface area contributed by atoms with Crippen molar-refractivity contribution in [2.45, 2.75) is 24.4 Å². The van der Waals surface area contributed by atoms with Gasteiger partial charge in [-0.3, -0.25) is 9.59 Å². The molecule has 2 aromatic rings. The van der Waals surface area contributed by atoms with E-state index >= 15 is 0 Å². The molecule has 1 aliphatic heterocycles. The van der Waals surface area contributed by atoms with Crippen molar-refractivity contribution in [3.63, 3.8) is 0 Å². The molecule has 1 aliphatic rings. The summed E-state index contributed by atoms with van der Waals surface area (Å²) in [6, 6.07) is 7.49. The van der Waals surface area contributed by atoms with Crippen LogP contribution in [0.3, 0.4) is 0 Å². The number of nitrogens with zero attached hydrogens (tertiary/aromatic N) is 1. The monoisotopic (exact) mass is 331 g/mol. The molecule has 6 nitrogen and oxygen atoms in total. The van der Waals surface area contributed by atoms with Gasteiger partial charge in [-0.1, -0.05) is 30.0 Å². The molecule has 0 fully saturated rings. The Hall–Kier alpha value is -2.28. The largest absolute Gasteiger partial charge is 0.494 e. The van der Waals surface area contributed by atoms with Gasteiger partial charge >= 0.3 is 0 Å². The number of aromatic amines is 1. The van der Waals surface area contributed by atoms with Crippen molar-refractivity contribution >= 4 is 23.5 Å². The molecule has 1 atom stereocenters. The smallest absolute Gasteiger partial charge is 0.257 e. The molecule has 1 aromatic heterocycles. The first-order chi connectivity index (χ1) is 11.1. The second-order valence-electron chi connectivity index (χ2n) is 5.11. The number of hydrogen-bond acceptors (Lipinski definition) is 5. The molecule has 23 heavy (non-hydrogen) atoms. The first kappa shape index (κ1) is 15.6. The first-order valence-electron chi connectivity index (χ1n) is 7.33. The number of aromatic nitrogens is 2. The predicted octanol–water partition coefficient (Wildman–Crippen LogP) is 2.36. The Labute approximate surface area is 137 Å². The number of amides is 1. The maximum Gasteiger partial charge on any atom is 0.257 e. The van der Waals surface area contributed by atoms with E-state index < -0.39 is 0 Å². The number of para-hydroxylation sites is 1. The molecule has 2 heterocycles. The second-order valence-corrected chi connectivity index (χ2v) is 5.91. The summed E-state index contributed by atoms with van der Waals surface area (Å²) >= 11 is 1.32. The van der Waals surface area contributed by atoms with Crippen LogP contribution in [0.25, 0.3) is 0 Å². The minimum Gasteiger partial charge on any atom is -0.494 e. The van der Waals surface area contributed by atoms with Crippen molar-refractivity contribution in [2.24, 2.45) is 0 Å². The minimum absolute atomic E-state index is 0.154. The van der Waals surface area contributed by atoms with Crippen LogP contribution >= 0.6 is 11.8 Å². The summed E-state index contributed by atoms with van der Waals surface area (Å²) in [4.78, 5) is 31.7. The molecule has 0 saturated heterocycles. The SMILES string of the molecule is CCOc1ccccc1[C@@H]1CC(=O)Nc2nc(SC)[nH]c(=O)c21. The lowest BCUT2D eigenvalue weighted by Crippen LogP contribution is -2.31. The summed E-state index contributed by atoms with van der Waals surface area (Å²) < 4.78 is 5.66. The second kappa shape index (κ2) is 6.45. The zero-order chi connectivity index (χ0) is 16.4. The Morgan fingerprint density at radius 2 is 2.13 bits per heavy atom. The van der Waals surface area contributed by atoms with E-state index in [1.807, 2.05) is 37.4 Å². The van der Waals surface area contributed by atoms with Gasteiger partial charge in [0.25, 0.3) is 5.56 Å². The molecule has 0 aliphatic carbocycles. The number of benzene rings is 1. The highest BCUT2D eigenvalue weighted by molar-refractivity contribution is 7.98. The lowest BCUT2D eigenvalue weighted by Gasteiger charge is -2.25. The molecular formula is C16H17N3O3S. The van der Waals surface area contributed by atoms with Crippen LogP contribution in [-0.2, 0) is 4.79 Å². The molecule has 0 unspecified atom stereocenters. The third-order valence-corrected chi connectivity index (χ3v) is 4.30. The number of thioether (sulfide) groups is 1. The number of fused-ring (bicyclic) bond motifs is 1. The van der Waals surface area contributed by atoms with Gasteiger partial charge in [0.05, 0.1) is 12.2 Å². The number of H-pyrrole nitrogens is 1. The molecule has 1 amide bonds. The van der Waals surface area contributed by atoms with Gasteiger partial charge in [0.15, 0.2) is 5.16 Å². The van der Waals surface area contributed by atoms with Crippen LogP contribution in [-0.4, -0.2) is 28.7 Å². The fraction of sp³-hybridized carbons (Fsp3) is 0.312. The molecule has 1 aromatic carbocycles. The molecule has 0 bridgehead atoms. The molecule has 2 N–H and O–H groups in total. The number of ether oxygens (including phenoxy) is 1. The topological polar surface area (TPSA) is 84.1 Å². The number of carbonyl (C=O) groups is 1. The zero-order valence-corrected chi connectivity index (χ0v) is 13.7. The highest BCUT2D eigenvalue weighted by atomic mass is 32.2. The molecular weight excluding hydrogens is 314 g/mol. The van der Waals surface area contributed by atoms with Gasteiger partial charge in [-0.2, -0.15) is 0 Å².